The van der Waals surface area contributed by atoms with E-state index in [0.29, 0.717) is 5.69 Å². The van der Waals surface area contributed by atoms with E-state index in [1.54, 1.807) is 11.8 Å². The van der Waals surface area contributed by atoms with Crippen LogP contribution in [0, 0.1) is 0 Å². The zero-order valence-electron chi connectivity index (χ0n) is 12.7. The second-order valence-electron chi connectivity index (χ2n) is 5.71. The van der Waals surface area contributed by atoms with Gasteiger partial charge in [-0.15, -0.1) is 0 Å². The van der Waals surface area contributed by atoms with Crippen LogP contribution in [-0.2, 0) is 4.74 Å². The smallest absolute Gasteiger partial charge is 0.412 e. The molecule has 0 spiro atoms. The van der Waals surface area contributed by atoms with Crippen molar-refractivity contribution in [1.29, 1.82) is 0 Å². The van der Waals surface area contributed by atoms with Crippen molar-refractivity contribution in [3.8, 4) is 0 Å². The van der Waals surface area contributed by atoms with Gasteiger partial charge in [0.25, 0.3) is 0 Å². The quantitative estimate of drug-likeness (QED) is 0.715. The molecule has 0 heterocycles. The Morgan fingerprint density at radius 1 is 1.09 bits per heavy atom. The largest absolute Gasteiger partial charge is 0.444 e. The molecule has 0 saturated carbocycles. The Hall–Kier alpha value is -1.46. The predicted octanol–water partition coefficient (Wildman–Crippen LogP) is 5.95. The number of rotatable bonds is 3. The Labute approximate surface area is 143 Å². The maximum Gasteiger partial charge on any atom is 0.412 e. The van der Waals surface area contributed by atoms with Gasteiger partial charge in [0.05, 0.1) is 0 Å². The molecule has 0 aliphatic carbocycles. The van der Waals surface area contributed by atoms with Crippen LogP contribution in [0.5, 0.6) is 0 Å². The van der Waals surface area contributed by atoms with Gasteiger partial charge in [0.1, 0.15) is 5.60 Å². The Bertz CT molecular complexity index is 650. The summed E-state index contributed by atoms with van der Waals surface area (Å²) < 4.78 is 6.28. The number of hydrogen-bond acceptors (Lipinski definition) is 3. The summed E-state index contributed by atoms with van der Waals surface area (Å²) >= 11 is 5.13. The fourth-order valence-electron chi connectivity index (χ4n) is 1.69. The van der Waals surface area contributed by atoms with Crippen LogP contribution in [0.25, 0.3) is 0 Å². The Kier molecular flexibility index (Phi) is 5.53. The molecule has 1 N–H and O–H groups in total. The Morgan fingerprint density at radius 2 is 1.77 bits per heavy atom. The van der Waals surface area contributed by atoms with E-state index in [4.69, 9.17) is 4.74 Å². The van der Waals surface area contributed by atoms with Gasteiger partial charge in [-0.1, -0.05) is 33.8 Å². The fraction of sp³-hybridized carbons (Fsp3) is 0.235. The summed E-state index contributed by atoms with van der Waals surface area (Å²) in [4.78, 5) is 14.0. The first-order valence-corrected chi connectivity index (χ1v) is 8.46. The number of carbonyl (C=O) groups is 1. The maximum absolute atomic E-state index is 11.7. The molecule has 0 unspecified atom stereocenters. The molecule has 0 radical (unpaired) electrons. The van der Waals surface area contributed by atoms with E-state index in [-0.39, 0.29) is 0 Å². The van der Waals surface area contributed by atoms with E-state index in [0.717, 1.165) is 14.3 Å². The third-order valence-electron chi connectivity index (χ3n) is 2.53. The zero-order valence-corrected chi connectivity index (χ0v) is 15.1. The highest BCUT2D eigenvalue weighted by molar-refractivity contribution is 9.10. The molecule has 0 aliphatic rings. The van der Waals surface area contributed by atoms with E-state index in [9.17, 15) is 4.79 Å². The highest BCUT2D eigenvalue weighted by Crippen LogP contribution is 2.30. The molecule has 2 rings (SSSR count). The van der Waals surface area contributed by atoms with Crippen LogP contribution in [0.3, 0.4) is 0 Å². The number of ether oxygens (including phenoxy) is 1. The molecule has 116 valence electrons. The van der Waals surface area contributed by atoms with E-state index in [2.05, 4.69) is 33.4 Å². The van der Waals surface area contributed by atoms with Crippen molar-refractivity contribution < 1.29 is 9.53 Å². The predicted molar refractivity (Wildman–Crippen MR) is 94.6 cm³/mol. The maximum atomic E-state index is 11.7. The molecule has 3 nitrogen and oxygen atoms in total. The minimum absolute atomic E-state index is 0.445. The minimum Gasteiger partial charge on any atom is -0.444 e. The molecule has 2 aromatic rings. The number of carbonyl (C=O) groups excluding carboxylic acids is 1. The third kappa shape index (κ3) is 5.73. The minimum atomic E-state index is -0.499. The zero-order chi connectivity index (χ0) is 16.2. The number of amides is 1. The summed E-state index contributed by atoms with van der Waals surface area (Å²) in [6.45, 7) is 5.51. The lowest BCUT2D eigenvalue weighted by atomic mass is 10.2. The second-order valence-corrected chi connectivity index (χ2v) is 7.77. The first kappa shape index (κ1) is 16.9. The van der Waals surface area contributed by atoms with Gasteiger partial charge in [-0.25, -0.2) is 4.79 Å². The number of benzene rings is 2. The fourth-order valence-corrected chi connectivity index (χ4v) is 3.12. The highest BCUT2D eigenvalue weighted by atomic mass is 79.9. The van der Waals surface area contributed by atoms with Crippen LogP contribution >= 0.6 is 27.7 Å². The van der Waals surface area contributed by atoms with Gasteiger partial charge >= 0.3 is 6.09 Å². The molecule has 0 atom stereocenters. The molecule has 0 aromatic heterocycles. The molecule has 5 heteroatoms. The highest BCUT2D eigenvalue weighted by Gasteiger charge is 2.16. The number of hydrogen-bond donors (Lipinski definition) is 1. The van der Waals surface area contributed by atoms with E-state index in [1.165, 1.54) is 0 Å². The van der Waals surface area contributed by atoms with Crippen molar-refractivity contribution in [1.82, 2.24) is 0 Å². The lowest BCUT2D eigenvalue weighted by Gasteiger charge is -2.19. The van der Waals surface area contributed by atoms with Crippen LogP contribution < -0.4 is 5.32 Å². The van der Waals surface area contributed by atoms with Crippen LogP contribution in [0.4, 0.5) is 10.5 Å². The monoisotopic (exact) mass is 379 g/mol. The molecule has 22 heavy (non-hydrogen) atoms. The number of nitrogens with one attached hydrogen (secondary N) is 1. The molecular weight excluding hydrogens is 362 g/mol. The van der Waals surface area contributed by atoms with Crippen molar-refractivity contribution in [2.24, 2.45) is 0 Å². The molecule has 0 fully saturated rings. The van der Waals surface area contributed by atoms with Crippen LogP contribution in [0.2, 0.25) is 0 Å². The van der Waals surface area contributed by atoms with Crippen molar-refractivity contribution >= 4 is 39.5 Å². The molecular formula is C17H18BrNO2S. The summed E-state index contributed by atoms with van der Waals surface area (Å²) in [5.74, 6) is 0. The number of anilines is 1. The van der Waals surface area contributed by atoms with E-state index < -0.39 is 11.7 Å². The van der Waals surface area contributed by atoms with Gasteiger partial charge in [-0.05, 0) is 63.2 Å². The van der Waals surface area contributed by atoms with Crippen molar-refractivity contribution in [2.45, 2.75) is 36.2 Å². The second kappa shape index (κ2) is 7.20. The Balaban J connectivity index is 1.97. The first-order chi connectivity index (χ1) is 10.3. The van der Waals surface area contributed by atoms with Crippen LogP contribution in [0.1, 0.15) is 20.8 Å². The molecule has 1 amide bonds. The van der Waals surface area contributed by atoms with Crippen molar-refractivity contribution in [3.63, 3.8) is 0 Å². The van der Waals surface area contributed by atoms with Gasteiger partial charge in [0.2, 0.25) is 0 Å². The third-order valence-corrected chi connectivity index (χ3v) is 4.02. The van der Waals surface area contributed by atoms with Crippen LogP contribution in [0.15, 0.2) is 62.8 Å². The Morgan fingerprint density at radius 3 is 2.36 bits per heavy atom. The molecule has 0 saturated heterocycles. The summed E-state index contributed by atoms with van der Waals surface area (Å²) in [5.41, 5.74) is 0.216. The molecule has 0 bridgehead atoms. The van der Waals surface area contributed by atoms with E-state index in [1.807, 2.05) is 57.2 Å². The van der Waals surface area contributed by atoms with Crippen molar-refractivity contribution in [3.05, 3.63) is 53.0 Å². The lowest BCUT2D eigenvalue weighted by Crippen LogP contribution is -2.27. The SMILES string of the molecule is CC(C)(C)OC(=O)Nc1ccc(Sc2cccc(Br)c2)cc1. The average Bonchev–Trinajstić information content (AvgIpc) is 2.39. The van der Waals surface area contributed by atoms with E-state index >= 15 is 0 Å². The van der Waals surface area contributed by atoms with Gasteiger partial charge < -0.3 is 4.74 Å². The average molecular weight is 380 g/mol. The van der Waals surface area contributed by atoms with Gasteiger partial charge in [-0.2, -0.15) is 0 Å². The molecule has 2 aromatic carbocycles. The lowest BCUT2D eigenvalue weighted by molar-refractivity contribution is 0.0636. The summed E-state index contributed by atoms with van der Waals surface area (Å²) in [6, 6.07) is 15.8. The van der Waals surface area contributed by atoms with Crippen LogP contribution in [-0.4, -0.2) is 11.7 Å². The van der Waals surface area contributed by atoms with Gasteiger partial charge in [0, 0.05) is 20.0 Å². The first-order valence-electron chi connectivity index (χ1n) is 6.85. The van der Waals surface area contributed by atoms with Gasteiger partial charge in [-0.3, -0.25) is 5.32 Å². The summed E-state index contributed by atoms with van der Waals surface area (Å²) in [7, 11) is 0. The standard InChI is InChI=1S/C17H18BrNO2S/c1-17(2,3)21-16(20)19-13-7-9-14(10-8-13)22-15-6-4-5-12(18)11-15/h4-11H,1-3H3,(H,19,20). The van der Waals surface area contributed by atoms with Gasteiger partial charge in [0.15, 0.2) is 0 Å². The normalized spacial score (nSPS) is 11.1. The number of halogens is 1. The van der Waals surface area contributed by atoms with Crippen molar-refractivity contribution in [2.75, 3.05) is 5.32 Å². The summed E-state index contributed by atoms with van der Waals surface area (Å²) in [6.07, 6.45) is -0.445. The topological polar surface area (TPSA) is 38.3 Å². The molecule has 0 aliphatic heterocycles. The summed E-state index contributed by atoms with van der Waals surface area (Å²) in [5, 5.41) is 2.72.